The number of hydroxylamine groups is 2. The van der Waals surface area contributed by atoms with Crippen molar-refractivity contribution in [1.82, 2.24) is 34.4 Å². The number of hydrogen-bond donors (Lipinski definition) is 0. The van der Waals surface area contributed by atoms with Gasteiger partial charge >= 0.3 is 0 Å². The molecule has 0 bridgehead atoms. The SMILES string of the molecule is Cc1cc(N2Cc3ccnn3[C@H](C(=O)N3CCCCO3)C2)n2ncnc2n1. The molecule has 1 fully saturated rings. The van der Waals surface area contributed by atoms with E-state index in [4.69, 9.17) is 4.84 Å². The molecule has 5 heterocycles. The number of amides is 1. The van der Waals surface area contributed by atoms with E-state index < -0.39 is 6.04 Å². The summed E-state index contributed by atoms with van der Waals surface area (Å²) in [6.07, 6.45) is 5.16. The standard InChI is InChI=1S/C17H20N8O2/c1-12-8-15(25-17(21-12)18-11-20-25)22-9-13-4-5-19-24(13)14(10-22)16(26)23-6-2-3-7-27-23/h4-5,8,11,14H,2-3,6-7,9-10H2,1H3/t14-/m0/s1. The molecule has 3 aromatic rings. The van der Waals surface area contributed by atoms with Crippen LogP contribution in [0.4, 0.5) is 5.82 Å². The van der Waals surface area contributed by atoms with Crippen LogP contribution >= 0.6 is 0 Å². The molecule has 2 aliphatic heterocycles. The molecule has 10 heteroatoms. The summed E-state index contributed by atoms with van der Waals surface area (Å²) in [5.41, 5.74) is 1.83. The van der Waals surface area contributed by atoms with Crippen LogP contribution < -0.4 is 4.90 Å². The second kappa shape index (κ2) is 6.31. The van der Waals surface area contributed by atoms with Crippen molar-refractivity contribution >= 4 is 17.5 Å². The predicted octanol–water partition coefficient (Wildman–Crippen LogP) is 0.745. The summed E-state index contributed by atoms with van der Waals surface area (Å²) < 4.78 is 3.52. The minimum Gasteiger partial charge on any atom is -0.348 e. The third kappa shape index (κ3) is 2.72. The predicted molar refractivity (Wildman–Crippen MR) is 94.7 cm³/mol. The maximum atomic E-state index is 13.1. The first-order chi connectivity index (χ1) is 13.2. The zero-order valence-electron chi connectivity index (χ0n) is 15.0. The fourth-order valence-electron chi connectivity index (χ4n) is 3.72. The quantitative estimate of drug-likeness (QED) is 0.659. The van der Waals surface area contributed by atoms with Gasteiger partial charge in [0.2, 0.25) is 0 Å². The summed E-state index contributed by atoms with van der Waals surface area (Å²) in [6, 6.07) is 3.46. The number of anilines is 1. The molecule has 140 valence electrons. The molecule has 0 saturated carbocycles. The topological polar surface area (TPSA) is 93.7 Å². The fourth-order valence-corrected chi connectivity index (χ4v) is 3.72. The Morgan fingerprint density at radius 2 is 2.22 bits per heavy atom. The molecule has 1 amide bonds. The van der Waals surface area contributed by atoms with E-state index in [1.807, 2.05) is 23.7 Å². The number of carbonyl (C=O) groups is 1. The van der Waals surface area contributed by atoms with E-state index >= 15 is 0 Å². The molecule has 1 atom stereocenters. The Kier molecular flexibility index (Phi) is 3.78. The number of hydrogen-bond acceptors (Lipinski definition) is 7. The van der Waals surface area contributed by atoms with E-state index in [2.05, 4.69) is 25.1 Å². The van der Waals surface area contributed by atoms with Gasteiger partial charge in [-0.2, -0.15) is 19.7 Å². The Bertz CT molecular complexity index is 990. The molecular formula is C17H20N8O2. The van der Waals surface area contributed by atoms with E-state index in [0.717, 1.165) is 30.0 Å². The molecule has 0 unspecified atom stereocenters. The molecule has 0 N–H and O–H groups in total. The van der Waals surface area contributed by atoms with Gasteiger partial charge in [0.05, 0.1) is 25.4 Å². The molecule has 2 aliphatic rings. The van der Waals surface area contributed by atoms with Crippen LogP contribution in [0.15, 0.2) is 24.7 Å². The van der Waals surface area contributed by atoms with E-state index in [0.29, 0.717) is 32.0 Å². The molecule has 1 saturated heterocycles. The highest BCUT2D eigenvalue weighted by molar-refractivity contribution is 5.80. The number of aromatic nitrogens is 6. The Labute approximate surface area is 155 Å². The maximum absolute atomic E-state index is 13.1. The molecule has 3 aromatic heterocycles. The lowest BCUT2D eigenvalue weighted by Crippen LogP contribution is -2.48. The van der Waals surface area contributed by atoms with Crippen LogP contribution in [0.2, 0.25) is 0 Å². The summed E-state index contributed by atoms with van der Waals surface area (Å²) in [4.78, 5) is 29.5. The van der Waals surface area contributed by atoms with Crippen LogP contribution in [-0.4, -0.2) is 60.0 Å². The largest absolute Gasteiger partial charge is 0.348 e. The Hall–Kier alpha value is -3.01. The Morgan fingerprint density at radius 3 is 3.07 bits per heavy atom. The smallest absolute Gasteiger partial charge is 0.272 e. The molecule has 0 aromatic carbocycles. The molecule has 5 rings (SSSR count). The van der Waals surface area contributed by atoms with Gasteiger partial charge in [-0.25, -0.2) is 10.0 Å². The van der Waals surface area contributed by atoms with Crippen molar-refractivity contribution in [2.75, 3.05) is 24.6 Å². The number of fused-ring (bicyclic) bond motifs is 2. The van der Waals surface area contributed by atoms with Crippen molar-refractivity contribution in [2.24, 2.45) is 0 Å². The van der Waals surface area contributed by atoms with Crippen molar-refractivity contribution in [1.29, 1.82) is 0 Å². The van der Waals surface area contributed by atoms with Crippen LogP contribution in [0.3, 0.4) is 0 Å². The molecule has 27 heavy (non-hydrogen) atoms. The van der Waals surface area contributed by atoms with Crippen molar-refractivity contribution in [3.8, 4) is 0 Å². The summed E-state index contributed by atoms with van der Waals surface area (Å²) in [7, 11) is 0. The second-order valence-corrected chi connectivity index (χ2v) is 6.87. The van der Waals surface area contributed by atoms with Gasteiger partial charge in [-0.1, -0.05) is 0 Å². The summed E-state index contributed by atoms with van der Waals surface area (Å²) >= 11 is 0. The normalized spacial score (nSPS) is 20.1. The summed E-state index contributed by atoms with van der Waals surface area (Å²) in [5.74, 6) is 1.34. The third-order valence-electron chi connectivity index (χ3n) is 5.01. The number of carbonyl (C=O) groups excluding carboxylic acids is 1. The molecule has 0 spiro atoms. The van der Waals surface area contributed by atoms with Gasteiger partial charge < -0.3 is 4.90 Å². The first-order valence-corrected chi connectivity index (χ1v) is 9.10. The highest BCUT2D eigenvalue weighted by Gasteiger charge is 2.35. The minimum atomic E-state index is -0.450. The lowest BCUT2D eigenvalue weighted by molar-refractivity contribution is -0.200. The Balaban J connectivity index is 1.52. The van der Waals surface area contributed by atoms with E-state index in [-0.39, 0.29) is 5.91 Å². The van der Waals surface area contributed by atoms with E-state index in [1.165, 1.54) is 11.4 Å². The molecule has 0 aliphatic carbocycles. The molecular weight excluding hydrogens is 348 g/mol. The van der Waals surface area contributed by atoms with Crippen molar-refractivity contribution in [2.45, 2.75) is 32.4 Å². The van der Waals surface area contributed by atoms with Crippen LogP contribution in [0, 0.1) is 6.92 Å². The summed E-state index contributed by atoms with van der Waals surface area (Å²) in [5, 5.41) is 10.2. The van der Waals surface area contributed by atoms with Crippen LogP contribution in [0.25, 0.3) is 5.78 Å². The van der Waals surface area contributed by atoms with Crippen LogP contribution in [0.1, 0.15) is 30.3 Å². The zero-order valence-corrected chi connectivity index (χ0v) is 15.0. The van der Waals surface area contributed by atoms with Gasteiger partial charge in [-0.15, -0.1) is 0 Å². The van der Waals surface area contributed by atoms with Gasteiger partial charge in [0.15, 0.2) is 6.04 Å². The Morgan fingerprint density at radius 1 is 1.30 bits per heavy atom. The van der Waals surface area contributed by atoms with E-state index in [1.54, 1.807) is 10.7 Å². The first-order valence-electron chi connectivity index (χ1n) is 9.10. The zero-order chi connectivity index (χ0) is 18.4. The van der Waals surface area contributed by atoms with Gasteiger partial charge in [-0.05, 0) is 25.8 Å². The fraction of sp³-hybridized carbons (Fsp3) is 0.471. The van der Waals surface area contributed by atoms with Gasteiger partial charge in [0.25, 0.3) is 11.7 Å². The van der Waals surface area contributed by atoms with Gasteiger partial charge in [-0.3, -0.25) is 14.3 Å². The van der Waals surface area contributed by atoms with Gasteiger partial charge in [0, 0.05) is 24.5 Å². The monoisotopic (exact) mass is 368 g/mol. The maximum Gasteiger partial charge on any atom is 0.272 e. The van der Waals surface area contributed by atoms with Gasteiger partial charge in [0.1, 0.15) is 12.1 Å². The lowest BCUT2D eigenvalue weighted by Gasteiger charge is -2.37. The number of nitrogens with zero attached hydrogens (tertiary/aromatic N) is 8. The second-order valence-electron chi connectivity index (χ2n) is 6.87. The average molecular weight is 368 g/mol. The van der Waals surface area contributed by atoms with Crippen molar-refractivity contribution in [3.05, 3.63) is 36.0 Å². The first kappa shape index (κ1) is 16.2. The van der Waals surface area contributed by atoms with E-state index in [9.17, 15) is 4.79 Å². The third-order valence-corrected chi connectivity index (χ3v) is 5.01. The lowest BCUT2D eigenvalue weighted by atomic mass is 10.1. The average Bonchev–Trinajstić information content (AvgIpc) is 3.35. The van der Waals surface area contributed by atoms with Crippen molar-refractivity contribution in [3.63, 3.8) is 0 Å². The van der Waals surface area contributed by atoms with Crippen molar-refractivity contribution < 1.29 is 9.63 Å². The summed E-state index contributed by atoms with van der Waals surface area (Å²) in [6.45, 7) is 4.23. The molecule has 0 radical (unpaired) electrons. The molecule has 10 nitrogen and oxygen atoms in total. The number of aryl methyl sites for hydroxylation is 1. The van der Waals surface area contributed by atoms with Crippen LogP contribution in [0.5, 0.6) is 0 Å². The highest BCUT2D eigenvalue weighted by atomic mass is 16.7. The van der Waals surface area contributed by atoms with Crippen LogP contribution in [-0.2, 0) is 16.2 Å². The highest BCUT2D eigenvalue weighted by Crippen LogP contribution is 2.28. The number of rotatable bonds is 2. The minimum absolute atomic E-state index is 0.0648.